The summed E-state index contributed by atoms with van der Waals surface area (Å²) in [6.45, 7) is 4.48. The maximum absolute atomic E-state index is 11.6. The molecule has 0 aliphatic carbocycles. The lowest BCUT2D eigenvalue weighted by molar-refractivity contribution is -0.133. The van der Waals surface area contributed by atoms with E-state index in [4.69, 9.17) is 5.11 Å². The number of carboxylic acids is 1. The highest BCUT2D eigenvalue weighted by molar-refractivity contribution is 7.99. The summed E-state index contributed by atoms with van der Waals surface area (Å²) in [7, 11) is -0.940. The van der Waals surface area contributed by atoms with Gasteiger partial charge in [-0.15, -0.1) is 0 Å². The molecule has 0 aliphatic rings. The number of thioether (sulfide) groups is 1. The standard InChI is InChI=1S/C14H18N2O3S2/c1-9-5-4-6-11-13(9)16(7-10(2)21(3)19)14(15-11)20-8-12(17)18/h4-6,10H,7-8H2,1-3H3,(H,17,18). The number of imidazole rings is 1. The Kier molecular flexibility index (Phi) is 5.05. The number of aromatic nitrogens is 2. The number of benzene rings is 1. The summed E-state index contributed by atoms with van der Waals surface area (Å²) in [5.74, 6) is -0.908. The Morgan fingerprint density at radius 2 is 2.24 bits per heavy atom. The lowest BCUT2D eigenvalue weighted by atomic mass is 10.2. The summed E-state index contributed by atoms with van der Waals surface area (Å²) in [5, 5.41) is 9.50. The molecule has 0 amide bonds. The molecule has 0 aliphatic heterocycles. The molecule has 114 valence electrons. The number of para-hydroxylation sites is 1. The summed E-state index contributed by atoms with van der Waals surface area (Å²) in [5.41, 5.74) is 2.91. The molecule has 7 heteroatoms. The molecule has 1 N–H and O–H groups in total. The Bertz CT molecular complexity index is 697. The number of aryl methyl sites for hydroxylation is 1. The van der Waals surface area contributed by atoms with Crippen LogP contribution in [0.15, 0.2) is 23.4 Å². The molecule has 1 aromatic heterocycles. The zero-order valence-electron chi connectivity index (χ0n) is 12.2. The molecule has 0 saturated heterocycles. The summed E-state index contributed by atoms with van der Waals surface area (Å²) >= 11 is 1.20. The second-order valence-electron chi connectivity index (χ2n) is 4.94. The van der Waals surface area contributed by atoms with Crippen LogP contribution in [0, 0.1) is 6.92 Å². The predicted molar refractivity (Wildman–Crippen MR) is 86.4 cm³/mol. The first-order valence-corrected chi connectivity index (χ1v) is 9.13. The van der Waals surface area contributed by atoms with E-state index in [1.54, 1.807) is 6.26 Å². The van der Waals surface area contributed by atoms with E-state index < -0.39 is 16.8 Å². The minimum Gasteiger partial charge on any atom is -0.481 e. The average molecular weight is 326 g/mol. The van der Waals surface area contributed by atoms with Gasteiger partial charge in [0.25, 0.3) is 0 Å². The number of rotatable bonds is 6. The van der Waals surface area contributed by atoms with Crippen LogP contribution >= 0.6 is 11.8 Å². The zero-order chi connectivity index (χ0) is 15.6. The number of hydrogen-bond acceptors (Lipinski definition) is 4. The Morgan fingerprint density at radius 3 is 2.86 bits per heavy atom. The molecule has 0 saturated carbocycles. The third-order valence-electron chi connectivity index (χ3n) is 3.26. The third kappa shape index (κ3) is 3.65. The maximum atomic E-state index is 11.6. The Balaban J connectivity index is 2.48. The van der Waals surface area contributed by atoms with Crippen molar-refractivity contribution in [2.75, 3.05) is 12.0 Å². The molecule has 0 fully saturated rings. The Labute approximate surface area is 130 Å². The van der Waals surface area contributed by atoms with Gasteiger partial charge in [0.15, 0.2) is 5.16 Å². The highest BCUT2D eigenvalue weighted by Gasteiger charge is 2.17. The second-order valence-corrected chi connectivity index (χ2v) is 7.68. The number of hydrogen-bond donors (Lipinski definition) is 1. The number of aliphatic carboxylic acids is 1. The minimum absolute atomic E-state index is 0.0221. The summed E-state index contributed by atoms with van der Waals surface area (Å²) in [4.78, 5) is 15.3. The van der Waals surface area contributed by atoms with Crippen molar-refractivity contribution in [3.8, 4) is 0 Å². The number of fused-ring (bicyclic) bond motifs is 1. The van der Waals surface area contributed by atoms with E-state index in [1.807, 2.05) is 36.6 Å². The van der Waals surface area contributed by atoms with Crippen LogP contribution in [0.25, 0.3) is 11.0 Å². The molecule has 0 spiro atoms. The van der Waals surface area contributed by atoms with Crippen molar-refractivity contribution < 1.29 is 14.1 Å². The molecule has 2 aromatic rings. The molecular formula is C14H18N2O3S2. The highest BCUT2D eigenvalue weighted by atomic mass is 32.2. The monoisotopic (exact) mass is 326 g/mol. The highest BCUT2D eigenvalue weighted by Crippen LogP contribution is 2.27. The molecule has 5 nitrogen and oxygen atoms in total. The molecule has 1 aromatic carbocycles. The van der Waals surface area contributed by atoms with Crippen molar-refractivity contribution in [1.29, 1.82) is 0 Å². The van der Waals surface area contributed by atoms with E-state index >= 15 is 0 Å². The van der Waals surface area contributed by atoms with Gasteiger partial charge in [0.05, 0.1) is 16.8 Å². The van der Waals surface area contributed by atoms with Gasteiger partial charge in [0.1, 0.15) is 0 Å². The van der Waals surface area contributed by atoms with Gasteiger partial charge in [-0.3, -0.25) is 9.00 Å². The normalized spacial score (nSPS) is 14.2. The quantitative estimate of drug-likeness (QED) is 0.825. The van der Waals surface area contributed by atoms with Crippen LogP contribution < -0.4 is 0 Å². The molecule has 2 unspecified atom stereocenters. The first kappa shape index (κ1) is 16.0. The lowest BCUT2D eigenvalue weighted by Crippen LogP contribution is -2.18. The Hall–Kier alpha value is -1.34. The van der Waals surface area contributed by atoms with E-state index in [9.17, 15) is 9.00 Å². The summed E-state index contributed by atoms with van der Waals surface area (Å²) in [6.07, 6.45) is 1.68. The van der Waals surface area contributed by atoms with Gasteiger partial charge < -0.3 is 9.67 Å². The fraction of sp³-hybridized carbons (Fsp3) is 0.429. The van der Waals surface area contributed by atoms with E-state index in [1.165, 1.54) is 11.8 Å². The van der Waals surface area contributed by atoms with Crippen LogP contribution in [0.4, 0.5) is 0 Å². The smallest absolute Gasteiger partial charge is 0.313 e. The summed E-state index contributed by atoms with van der Waals surface area (Å²) < 4.78 is 13.6. The van der Waals surface area contributed by atoms with Crippen molar-refractivity contribution in [3.63, 3.8) is 0 Å². The fourth-order valence-corrected chi connectivity index (χ4v) is 3.21. The van der Waals surface area contributed by atoms with Gasteiger partial charge in [-0.05, 0) is 25.5 Å². The van der Waals surface area contributed by atoms with Crippen LogP contribution in [-0.2, 0) is 22.1 Å². The molecule has 0 bridgehead atoms. The zero-order valence-corrected chi connectivity index (χ0v) is 13.8. The minimum atomic E-state index is -0.940. The van der Waals surface area contributed by atoms with Crippen molar-refractivity contribution in [2.24, 2.45) is 0 Å². The van der Waals surface area contributed by atoms with Gasteiger partial charge in [0, 0.05) is 28.9 Å². The Morgan fingerprint density at radius 1 is 1.52 bits per heavy atom. The SMILES string of the molecule is Cc1cccc2nc(SCC(=O)O)n(CC(C)S(C)=O)c12. The van der Waals surface area contributed by atoms with Gasteiger partial charge >= 0.3 is 5.97 Å². The van der Waals surface area contributed by atoms with Crippen LogP contribution in [-0.4, -0.2) is 42.1 Å². The molecule has 2 atom stereocenters. The number of carbonyl (C=O) groups is 1. The predicted octanol–water partition coefficient (Wildman–Crippen LogP) is 2.29. The molecule has 21 heavy (non-hydrogen) atoms. The summed E-state index contributed by atoms with van der Waals surface area (Å²) in [6, 6.07) is 5.85. The molecule has 2 rings (SSSR count). The first-order valence-electron chi connectivity index (χ1n) is 6.52. The lowest BCUT2D eigenvalue weighted by Gasteiger charge is -2.13. The van der Waals surface area contributed by atoms with Crippen LogP contribution in [0.3, 0.4) is 0 Å². The van der Waals surface area contributed by atoms with Crippen LogP contribution in [0.5, 0.6) is 0 Å². The van der Waals surface area contributed by atoms with E-state index in [-0.39, 0.29) is 11.0 Å². The average Bonchev–Trinajstić information content (AvgIpc) is 2.75. The van der Waals surface area contributed by atoms with Gasteiger partial charge in [-0.1, -0.05) is 23.9 Å². The molecule has 1 heterocycles. The van der Waals surface area contributed by atoms with Gasteiger partial charge in [-0.25, -0.2) is 4.98 Å². The fourth-order valence-electron chi connectivity index (χ4n) is 2.11. The van der Waals surface area contributed by atoms with Crippen molar-refractivity contribution >= 4 is 39.6 Å². The van der Waals surface area contributed by atoms with Crippen molar-refractivity contribution in [3.05, 3.63) is 23.8 Å². The molecular weight excluding hydrogens is 308 g/mol. The van der Waals surface area contributed by atoms with Gasteiger partial charge in [-0.2, -0.15) is 0 Å². The topological polar surface area (TPSA) is 72.2 Å². The number of nitrogens with zero attached hydrogens (tertiary/aromatic N) is 2. The van der Waals surface area contributed by atoms with E-state index in [2.05, 4.69) is 4.98 Å². The first-order chi connectivity index (χ1) is 9.90. The van der Waals surface area contributed by atoms with Crippen molar-refractivity contribution in [1.82, 2.24) is 9.55 Å². The van der Waals surface area contributed by atoms with Crippen molar-refractivity contribution in [2.45, 2.75) is 30.8 Å². The third-order valence-corrected chi connectivity index (χ3v) is 5.51. The number of carboxylic acid groups (broad SMARTS) is 1. The molecule has 0 radical (unpaired) electrons. The van der Waals surface area contributed by atoms with E-state index in [0.717, 1.165) is 16.6 Å². The van der Waals surface area contributed by atoms with Crippen LogP contribution in [0.2, 0.25) is 0 Å². The maximum Gasteiger partial charge on any atom is 0.313 e. The van der Waals surface area contributed by atoms with Gasteiger partial charge in [0.2, 0.25) is 0 Å². The van der Waals surface area contributed by atoms with Crippen LogP contribution in [0.1, 0.15) is 12.5 Å². The second kappa shape index (κ2) is 6.62. The van der Waals surface area contributed by atoms with E-state index in [0.29, 0.717) is 11.7 Å². The largest absolute Gasteiger partial charge is 0.481 e.